The van der Waals surface area contributed by atoms with E-state index in [1.807, 2.05) is 12.1 Å². The Labute approximate surface area is 113 Å². The third-order valence-corrected chi connectivity index (χ3v) is 3.75. The van der Waals surface area contributed by atoms with Crippen molar-refractivity contribution in [2.75, 3.05) is 5.73 Å². The van der Waals surface area contributed by atoms with Crippen LogP contribution in [0.1, 0.15) is 11.1 Å². The van der Waals surface area contributed by atoms with Crippen molar-refractivity contribution in [2.24, 2.45) is 0 Å². The zero-order chi connectivity index (χ0) is 11.5. The summed E-state index contributed by atoms with van der Waals surface area (Å²) in [5.41, 5.74) is 9.34. The summed E-state index contributed by atoms with van der Waals surface area (Å²) in [6, 6.07) is 14.5. The van der Waals surface area contributed by atoms with E-state index in [4.69, 9.17) is 5.73 Å². The second-order valence-electron chi connectivity index (χ2n) is 3.91. The number of rotatable bonds is 2. The van der Waals surface area contributed by atoms with Gasteiger partial charge in [-0.05, 0) is 37.6 Å². The maximum Gasteiger partial charge on any atom is 0.0458 e. The van der Waals surface area contributed by atoms with Gasteiger partial charge < -0.3 is 5.73 Å². The van der Waals surface area contributed by atoms with Crippen molar-refractivity contribution in [3.05, 3.63) is 53.6 Å². The fourth-order valence-corrected chi connectivity index (χ4v) is 2.46. The Kier molecular flexibility index (Phi) is 4.91. The Balaban J connectivity index is 0.00000144. The molecule has 0 saturated heterocycles. The van der Waals surface area contributed by atoms with Crippen molar-refractivity contribution in [3.8, 4) is 0 Å². The molecule has 3 heteroatoms. The average molecular weight is 266 g/mol. The second-order valence-corrected chi connectivity index (χ2v) is 4.99. The van der Waals surface area contributed by atoms with Crippen LogP contribution in [0.2, 0.25) is 0 Å². The first-order valence-electron chi connectivity index (χ1n) is 5.26. The smallest absolute Gasteiger partial charge is 0.0458 e. The van der Waals surface area contributed by atoms with Crippen LogP contribution >= 0.6 is 24.2 Å². The minimum absolute atomic E-state index is 0. The van der Waals surface area contributed by atoms with Gasteiger partial charge in [-0.1, -0.05) is 41.6 Å². The molecule has 0 spiro atoms. The summed E-state index contributed by atoms with van der Waals surface area (Å²) < 4.78 is 0. The van der Waals surface area contributed by atoms with Crippen molar-refractivity contribution >= 4 is 29.9 Å². The fourth-order valence-electron chi connectivity index (χ4n) is 1.54. The van der Waals surface area contributed by atoms with E-state index in [2.05, 4.69) is 44.2 Å². The highest BCUT2D eigenvalue weighted by molar-refractivity contribution is 7.99. The molecular weight excluding hydrogens is 250 g/mol. The largest absolute Gasteiger partial charge is 0.398 e. The number of nitrogens with two attached hydrogens (primary N) is 1. The summed E-state index contributed by atoms with van der Waals surface area (Å²) in [6.45, 7) is 4.18. The van der Waals surface area contributed by atoms with Crippen molar-refractivity contribution in [1.29, 1.82) is 0 Å². The fraction of sp³-hybridized carbons (Fsp3) is 0.143. The summed E-state index contributed by atoms with van der Waals surface area (Å²) in [4.78, 5) is 2.39. The van der Waals surface area contributed by atoms with Gasteiger partial charge in [0, 0.05) is 15.5 Å². The third-order valence-electron chi connectivity index (χ3n) is 2.48. The molecule has 2 rings (SSSR count). The Bertz CT molecular complexity index is 474. The molecule has 0 bridgehead atoms. The van der Waals surface area contributed by atoms with E-state index in [9.17, 15) is 0 Å². The lowest BCUT2D eigenvalue weighted by atomic mass is 10.2. The summed E-state index contributed by atoms with van der Waals surface area (Å²) in [5.74, 6) is 0. The van der Waals surface area contributed by atoms with Crippen LogP contribution in [0.4, 0.5) is 5.69 Å². The molecule has 2 aromatic rings. The van der Waals surface area contributed by atoms with Gasteiger partial charge in [-0.25, -0.2) is 0 Å². The molecule has 17 heavy (non-hydrogen) atoms. The summed E-state index contributed by atoms with van der Waals surface area (Å²) in [5, 5.41) is 0. The topological polar surface area (TPSA) is 26.0 Å². The molecule has 2 aromatic carbocycles. The van der Waals surface area contributed by atoms with Gasteiger partial charge in [0.1, 0.15) is 0 Å². The molecule has 90 valence electrons. The van der Waals surface area contributed by atoms with E-state index in [0.29, 0.717) is 0 Å². The van der Waals surface area contributed by atoms with Gasteiger partial charge in [0.15, 0.2) is 0 Å². The predicted molar refractivity (Wildman–Crippen MR) is 78.1 cm³/mol. The lowest BCUT2D eigenvalue weighted by Crippen LogP contribution is -1.90. The quantitative estimate of drug-likeness (QED) is 0.812. The molecule has 0 unspecified atom stereocenters. The molecule has 0 aliphatic rings. The summed E-state index contributed by atoms with van der Waals surface area (Å²) in [7, 11) is 0. The highest BCUT2D eigenvalue weighted by atomic mass is 35.5. The molecule has 0 radical (unpaired) electrons. The number of nitrogen functional groups attached to an aromatic ring is 1. The van der Waals surface area contributed by atoms with Gasteiger partial charge in [-0.2, -0.15) is 0 Å². The average Bonchev–Trinajstić information content (AvgIpc) is 2.26. The molecule has 0 fully saturated rings. The number of aryl methyl sites for hydroxylation is 2. The monoisotopic (exact) mass is 265 g/mol. The van der Waals surface area contributed by atoms with E-state index in [0.717, 1.165) is 10.6 Å². The van der Waals surface area contributed by atoms with Crippen LogP contribution < -0.4 is 5.73 Å². The molecular formula is C14H16ClNS. The zero-order valence-corrected chi connectivity index (χ0v) is 11.6. The SMILES string of the molecule is Cc1ccc(Sc2c(C)cccc2N)cc1.Cl. The molecule has 0 saturated carbocycles. The Morgan fingerprint density at radius 2 is 1.59 bits per heavy atom. The van der Waals surface area contributed by atoms with E-state index in [1.165, 1.54) is 16.0 Å². The second kappa shape index (κ2) is 5.99. The van der Waals surface area contributed by atoms with Gasteiger partial charge >= 0.3 is 0 Å². The van der Waals surface area contributed by atoms with E-state index < -0.39 is 0 Å². The van der Waals surface area contributed by atoms with Crippen LogP contribution in [-0.4, -0.2) is 0 Å². The van der Waals surface area contributed by atoms with E-state index >= 15 is 0 Å². The van der Waals surface area contributed by atoms with Crippen LogP contribution in [0.3, 0.4) is 0 Å². The minimum Gasteiger partial charge on any atom is -0.398 e. The molecule has 2 N–H and O–H groups in total. The van der Waals surface area contributed by atoms with Gasteiger partial charge in [0.25, 0.3) is 0 Å². The Morgan fingerprint density at radius 1 is 0.941 bits per heavy atom. The minimum atomic E-state index is 0. The number of anilines is 1. The molecule has 0 aromatic heterocycles. The molecule has 0 aliphatic heterocycles. The maximum absolute atomic E-state index is 5.98. The number of hydrogen-bond acceptors (Lipinski definition) is 2. The van der Waals surface area contributed by atoms with Gasteiger partial charge in [0.2, 0.25) is 0 Å². The van der Waals surface area contributed by atoms with Gasteiger partial charge in [-0.15, -0.1) is 12.4 Å². The van der Waals surface area contributed by atoms with Crippen LogP contribution in [-0.2, 0) is 0 Å². The first-order chi connectivity index (χ1) is 7.66. The Morgan fingerprint density at radius 3 is 2.18 bits per heavy atom. The first-order valence-corrected chi connectivity index (χ1v) is 6.08. The highest BCUT2D eigenvalue weighted by Gasteiger charge is 2.04. The first kappa shape index (κ1) is 13.9. The number of halogens is 1. The molecule has 0 amide bonds. The predicted octanol–water partition coefficient (Wildman–Crippen LogP) is 4.46. The lowest BCUT2D eigenvalue weighted by molar-refractivity contribution is 1.29. The van der Waals surface area contributed by atoms with Crippen LogP contribution in [0.5, 0.6) is 0 Å². The molecule has 0 aliphatic carbocycles. The number of benzene rings is 2. The molecule has 0 atom stereocenters. The van der Waals surface area contributed by atoms with Crippen molar-refractivity contribution in [1.82, 2.24) is 0 Å². The van der Waals surface area contributed by atoms with Crippen molar-refractivity contribution in [3.63, 3.8) is 0 Å². The molecule has 0 heterocycles. The van der Waals surface area contributed by atoms with Gasteiger partial charge in [-0.3, -0.25) is 0 Å². The van der Waals surface area contributed by atoms with E-state index in [1.54, 1.807) is 11.8 Å². The van der Waals surface area contributed by atoms with Crippen LogP contribution in [0.25, 0.3) is 0 Å². The molecule has 1 nitrogen and oxygen atoms in total. The van der Waals surface area contributed by atoms with Crippen molar-refractivity contribution < 1.29 is 0 Å². The summed E-state index contributed by atoms with van der Waals surface area (Å²) >= 11 is 1.72. The normalized spacial score (nSPS) is 9.76. The van der Waals surface area contributed by atoms with Crippen LogP contribution in [0.15, 0.2) is 52.3 Å². The maximum atomic E-state index is 5.98. The lowest BCUT2D eigenvalue weighted by Gasteiger charge is -2.08. The number of hydrogen-bond donors (Lipinski definition) is 1. The highest BCUT2D eigenvalue weighted by Crippen LogP contribution is 2.34. The summed E-state index contributed by atoms with van der Waals surface area (Å²) in [6.07, 6.45) is 0. The Hall–Kier alpha value is -1.12. The van der Waals surface area contributed by atoms with Gasteiger partial charge in [0.05, 0.1) is 0 Å². The third kappa shape index (κ3) is 3.42. The van der Waals surface area contributed by atoms with Crippen LogP contribution in [0, 0.1) is 13.8 Å². The van der Waals surface area contributed by atoms with E-state index in [-0.39, 0.29) is 12.4 Å². The zero-order valence-electron chi connectivity index (χ0n) is 9.94. The standard InChI is InChI=1S/C14H15NS.ClH/c1-10-6-8-12(9-7-10)16-14-11(2)4-3-5-13(14)15;/h3-9H,15H2,1-2H3;1H. The van der Waals surface area contributed by atoms with Crippen molar-refractivity contribution in [2.45, 2.75) is 23.6 Å².